The minimum atomic E-state index is 0.0632. The summed E-state index contributed by atoms with van der Waals surface area (Å²) < 4.78 is 5.05. The van der Waals surface area contributed by atoms with Gasteiger partial charge in [0, 0.05) is 0 Å². The van der Waals surface area contributed by atoms with Crippen molar-refractivity contribution in [3.63, 3.8) is 0 Å². The number of ether oxygens (including phenoxy) is 1. The van der Waals surface area contributed by atoms with Gasteiger partial charge in [0.1, 0.15) is 11.5 Å². The molecule has 0 aliphatic heterocycles. The monoisotopic (exact) mass is 218 g/mol. The van der Waals surface area contributed by atoms with Crippen molar-refractivity contribution in [1.29, 1.82) is 0 Å². The number of hydrogen-bond donors (Lipinski definition) is 1. The van der Waals surface area contributed by atoms with E-state index in [1.165, 1.54) is 6.07 Å². The van der Waals surface area contributed by atoms with Gasteiger partial charge in [0.05, 0.1) is 12.7 Å². The third-order valence-corrected chi connectivity index (χ3v) is 2.02. The Morgan fingerprint density at radius 1 is 1.12 bits per heavy atom. The summed E-state index contributed by atoms with van der Waals surface area (Å²) in [5.41, 5.74) is 0.444. The Morgan fingerprint density at radius 3 is 2.44 bits per heavy atom. The van der Waals surface area contributed by atoms with Crippen LogP contribution in [0.2, 0.25) is 0 Å². The van der Waals surface area contributed by atoms with Crippen LogP contribution < -0.4 is 4.74 Å². The summed E-state index contributed by atoms with van der Waals surface area (Å²) in [4.78, 5) is 0. The number of aromatic hydroxyl groups is 1. The second kappa shape index (κ2) is 4.09. The number of methoxy groups -OCH3 is 1. The van der Waals surface area contributed by atoms with E-state index in [1.807, 2.05) is 0 Å². The average molecular weight is 218 g/mol. The lowest BCUT2D eigenvalue weighted by atomic mass is 10.2. The zero-order valence-corrected chi connectivity index (χ0v) is 8.88. The first-order valence-corrected chi connectivity index (χ1v) is 4.62. The van der Waals surface area contributed by atoms with Crippen LogP contribution in [-0.4, -0.2) is 32.6 Å². The van der Waals surface area contributed by atoms with E-state index in [-0.39, 0.29) is 11.6 Å². The largest absolute Gasteiger partial charge is 0.507 e. The van der Waals surface area contributed by atoms with Crippen LogP contribution in [0.1, 0.15) is 5.82 Å². The van der Waals surface area contributed by atoms with Gasteiger partial charge < -0.3 is 9.84 Å². The first-order chi connectivity index (χ1) is 7.70. The summed E-state index contributed by atoms with van der Waals surface area (Å²) in [6.45, 7) is 1.69. The molecular weight excluding hydrogens is 208 g/mol. The maximum absolute atomic E-state index is 9.66. The molecule has 0 fully saturated rings. The molecule has 0 bridgehead atoms. The number of benzene rings is 1. The minimum Gasteiger partial charge on any atom is -0.507 e. The van der Waals surface area contributed by atoms with Gasteiger partial charge in [0.25, 0.3) is 0 Å². The van der Waals surface area contributed by atoms with Crippen molar-refractivity contribution in [3.05, 3.63) is 24.0 Å². The van der Waals surface area contributed by atoms with Gasteiger partial charge in [-0.15, -0.1) is 20.4 Å². The third-order valence-electron chi connectivity index (χ3n) is 2.02. The molecule has 6 heteroatoms. The highest BCUT2D eigenvalue weighted by Crippen LogP contribution is 2.29. The van der Waals surface area contributed by atoms with Crippen molar-refractivity contribution in [2.24, 2.45) is 0 Å². The van der Waals surface area contributed by atoms with E-state index in [1.54, 1.807) is 26.2 Å². The molecule has 0 saturated heterocycles. The molecule has 82 valence electrons. The minimum absolute atomic E-state index is 0.0632. The Balaban J connectivity index is 2.50. The van der Waals surface area contributed by atoms with E-state index < -0.39 is 0 Å². The fourth-order valence-electron chi connectivity index (χ4n) is 1.21. The quantitative estimate of drug-likeness (QED) is 0.808. The van der Waals surface area contributed by atoms with Crippen LogP contribution in [-0.2, 0) is 0 Å². The lowest BCUT2D eigenvalue weighted by Gasteiger charge is -2.04. The van der Waals surface area contributed by atoms with E-state index in [0.717, 1.165) is 0 Å². The van der Waals surface area contributed by atoms with Crippen molar-refractivity contribution < 1.29 is 9.84 Å². The van der Waals surface area contributed by atoms with E-state index in [0.29, 0.717) is 17.1 Å². The molecule has 0 aliphatic rings. The number of phenols is 1. The van der Waals surface area contributed by atoms with Crippen LogP contribution >= 0.6 is 0 Å². The standard InChI is InChI=1S/C10H10N4O2/c1-6-11-13-10(14-12-6)8-5-7(16-2)3-4-9(8)15/h3-5,15H,1-2H3. The number of nitrogens with zero attached hydrogens (tertiary/aromatic N) is 4. The highest BCUT2D eigenvalue weighted by molar-refractivity contribution is 5.64. The van der Waals surface area contributed by atoms with E-state index in [9.17, 15) is 5.11 Å². The van der Waals surface area contributed by atoms with Gasteiger partial charge in [0.2, 0.25) is 5.82 Å². The van der Waals surface area contributed by atoms with Crippen molar-refractivity contribution in [3.8, 4) is 22.9 Å². The second-order valence-corrected chi connectivity index (χ2v) is 3.15. The van der Waals surface area contributed by atoms with Gasteiger partial charge in [-0.2, -0.15) is 0 Å². The molecule has 1 aromatic heterocycles. The molecule has 0 amide bonds. The molecule has 0 aliphatic carbocycles. The van der Waals surface area contributed by atoms with Gasteiger partial charge in [-0.3, -0.25) is 0 Å². The molecule has 1 N–H and O–H groups in total. The molecule has 2 rings (SSSR count). The molecule has 0 unspecified atom stereocenters. The van der Waals surface area contributed by atoms with Gasteiger partial charge in [0.15, 0.2) is 5.82 Å². The Morgan fingerprint density at radius 2 is 1.81 bits per heavy atom. The highest BCUT2D eigenvalue weighted by atomic mass is 16.5. The first-order valence-electron chi connectivity index (χ1n) is 4.62. The SMILES string of the molecule is COc1ccc(O)c(-c2nnc(C)nn2)c1. The van der Waals surface area contributed by atoms with Gasteiger partial charge in [-0.1, -0.05) is 0 Å². The fourth-order valence-corrected chi connectivity index (χ4v) is 1.21. The second-order valence-electron chi connectivity index (χ2n) is 3.15. The highest BCUT2D eigenvalue weighted by Gasteiger charge is 2.09. The lowest BCUT2D eigenvalue weighted by molar-refractivity contribution is 0.412. The summed E-state index contributed by atoms with van der Waals surface area (Å²) in [5, 5.41) is 24.9. The van der Waals surface area contributed by atoms with Gasteiger partial charge >= 0.3 is 0 Å². The Bertz CT molecular complexity index is 499. The van der Waals surface area contributed by atoms with Crippen LogP contribution in [0.15, 0.2) is 18.2 Å². The number of rotatable bonds is 2. The maximum Gasteiger partial charge on any atom is 0.207 e. The molecular formula is C10H10N4O2. The topological polar surface area (TPSA) is 81.0 Å². The summed E-state index contributed by atoms with van der Waals surface area (Å²) >= 11 is 0. The Labute approximate surface area is 91.9 Å². The molecule has 16 heavy (non-hydrogen) atoms. The summed E-state index contributed by atoms with van der Waals surface area (Å²) in [6.07, 6.45) is 0. The summed E-state index contributed by atoms with van der Waals surface area (Å²) in [5.74, 6) is 1.42. The first kappa shape index (κ1) is 10.3. The van der Waals surface area contributed by atoms with Crippen LogP contribution in [0.4, 0.5) is 0 Å². The van der Waals surface area contributed by atoms with Crippen LogP contribution in [0.25, 0.3) is 11.4 Å². The van der Waals surface area contributed by atoms with Crippen molar-refractivity contribution >= 4 is 0 Å². The number of phenolic OH excluding ortho intramolecular Hbond substituents is 1. The number of hydrogen-bond acceptors (Lipinski definition) is 6. The Kier molecular flexibility index (Phi) is 2.63. The van der Waals surface area contributed by atoms with Crippen LogP contribution in [0, 0.1) is 6.92 Å². The van der Waals surface area contributed by atoms with E-state index >= 15 is 0 Å². The zero-order valence-electron chi connectivity index (χ0n) is 8.88. The molecule has 0 saturated carbocycles. The number of aromatic nitrogens is 4. The molecule has 1 aromatic carbocycles. The lowest BCUT2D eigenvalue weighted by Crippen LogP contribution is -1.99. The van der Waals surface area contributed by atoms with E-state index in [4.69, 9.17) is 4.74 Å². The normalized spacial score (nSPS) is 10.1. The van der Waals surface area contributed by atoms with Crippen LogP contribution in [0.3, 0.4) is 0 Å². The summed E-state index contributed by atoms with van der Waals surface area (Å²) in [6, 6.07) is 4.79. The smallest absolute Gasteiger partial charge is 0.207 e. The predicted molar refractivity (Wildman–Crippen MR) is 56.0 cm³/mol. The molecule has 2 aromatic rings. The average Bonchev–Trinajstić information content (AvgIpc) is 2.31. The Hall–Kier alpha value is -2.24. The molecule has 0 radical (unpaired) electrons. The van der Waals surface area contributed by atoms with Crippen molar-refractivity contribution in [2.45, 2.75) is 6.92 Å². The van der Waals surface area contributed by atoms with Gasteiger partial charge in [-0.25, -0.2) is 0 Å². The van der Waals surface area contributed by atoms with Crippen molar-refractivity contribution in [2.75, 3.05) is 7.11 Å². The molecule has 0 spiro atoms. The van der Waals surface area contributed by atoms with Crippen molar-refractivity contribution in [1.82, 2.24) is 20.4 Å². The zero-order chi connectivity index (χ0) is 11.5. The number of aryl methyl sites for hydroxylation is 1. The third kappa shape index (κ3) is 1.90. The fraction of sp³-hybridized carbons (Fsp3) is 0.200. The molecule has 0 atom stereocenters. The summed E-state index contributed by atoms with van der Waals surface area (Å²) in [7, 11) is 1.54. The predicted octanol–water partition coefficient (Wildman–Crippen LogP) is 0.956. The molecule has 1 heterocycles. The molecule has 6 nitrogen and oxygen atoms in total. The van der Waals surface area contributed by atoms with Gasteiger partial charge in [-0.05, 0) is 25.1 Å². The van der Waals surface area contributed by atoms with Crippen LogP contribution in [0.5, 0.6) is 11.5 Å². The van der Waals surface area contributed by atoms with E-state index in [2.05, 4.69) is 20.4 Å². The maximum atomic E-state index is 9.66.